The second-order valence-electron chi connectivity index (χ2n) is 6.14. The van der Waals surface area contributed by atoms with Crippen LogP contribution in [-0.2, 0) is 11.2 Å². The first-order valence-corrected chi connectivity index (χ1v) is 7.85. The highest BCUT2D eigenvalue weighted by Crippen LogP contribution is 2.18. The van der Waals surface area contributed by atoms with E-state index in [0.717, 1.165) is 55.3 Å². The molecule has 1 saturated heterocycles. The molecule has 0 radical (unpaired) electrons. The van der Waals surface area contributed by atoms with Gasteiger partial charge >= 0.3 is 0 Å². The van der Waals surface area contributed by atoms with E-state index in [0.29, 0.717) is 6.42 Å². The summed E-state index contributed by atoms with van der Waals surface area (Å²) in [5, 5.41) is 0. The standard InChI is InChI=1S/C17H23N3O/c1-13-8-11-19(12-9-13)17(21)7-6-15-14(2)18-16-5-3-4-10-20(15)16/h3-5,10,13H,6-9,11-12H2,1-2H3. The van der Waals surface area contributed by atoms with Crippen LogP contribution in [0.3, 0.4) is 0 Å². The van der Waals surface area contributed by atoms with Crippen molar-refractivity contribution in [3.8, 4) is 0 Å². The molecule has 0 aromatic carbocycles. The summed E-state index contributed by atoms with van der Waals surface area (Å²) in [6, 6.07) is 6.00. The first-order valence-electron chi connectivity index (χ1n) is 7.85. The zero-order valence-corrected chi connectivity index (χ0v) is 12.9. The van der Waals surface area contributed by atoms with Crippen LogP contribution in [-0.4, -0.2) is 33.3 Å². The van der Waals surface area contributed by atoms with Crippen molar-refractivity contribution in [1.82, 2.24) is 14.3 Å². The van der Waals surface area contributed by atoms with E-state index in [-0.39, 0.29) is 5.91 Å². The molecule has 0 aliphatic carbocycles. The molecule has 0 saturated carbocycles. The molecule has 1 aliphatic rings. The molecule has 0 N–H and O–H groups in total. The van der Waals surface area contributed by atoms with Gasteiger partial charge in [-0.3, -0.25) is 4.79 Å². The Kier molecular flexibility index (Phi) is 3.95. The maximum Gasteiger partial charge on any atom is 0.222 e. The lowest BCUT2D eigenvalue weighted by Crippen LogP contribution is -2.38. The van der Waals surface area contributed by atoms with Crippen molar-refractivity contribution < 1.29 is 4.79 Å². The van der Waals surface area contributed by atoms with Gasteiger partial charge in [0.2, 0.25) is 5.91 Å². The summed E-state index contributed by atoms with van der Waals surface area (Å²) in [5.74, 6) is 1.04. The van der Waals surface area contributed by atoms with Gasteiger partial charge in [0, 0.05) is 31.4 Å². The lowest BCUT2D eigenvalue weighted by molar-refractivity contribution is -0.132. The van der Waals surface area contributed by atoms with Crippen LogP contribution < -0.4 is 0 Å². The number of rotatable bonds is 3. The fourth-order valence-electron chi connectivity index (χ4n) is 3.11. The van der Waals surface area contributed by atoms with Crippen LogP contribution in [0.25, 0.3) is 5.65 Å². The number of aryl methyl sites for hydroxylation is 2. The molecule has 3 rings (SSSR count). The zero-order chi connectivity index (χ0) is 14.8. The van der Waals surface area contributed by atoms with Crippen LogP contribution in [0.5, 0.6) is 0 Å². The first kappa shape index (κ1) is 14.1. The zero-order valence-electron chi connectivity index (χ0n) is 12.9. The Bertz CT molecular complexity index is 639. The second-order valence-corrected chi connectivity index (χ2v) is 6.14. The van der Waals surface area contributed by atoms with Crippen molar-refractivity contribution in [1.29, 1.82) is 0 Å². The number of amides is 1. The number of carbonyl (C=O) groups excluding carboxylic acids is 1. The number of carbonyl (C=O) groups is 1. The van der Waals surface area contributed by atoms with Gasteiger partial charge in [0.25, 0.3) is 0 Å². The second kappa shape index (κ2) is 5.88. The van der Waals surface area contributed by atoms with Gasteiger partial charge in [-0.05, 0) is 44.2 Å². The molecule has 1 aliphatic heterocycles. The Labute approximate surface area is 125 Å². The quantitative estimate of drug-likeness (QED) is 0.869. The van der Waals surface area contributed by atoms with Crippen LogP contribution in [0.2, 0.25) is 0 Å². The predicted octanol–water partition coefficient (Wildman–Crippen LogP) is 2.83. The van der Waals surface area contributed by atoms with Gasteiger partial charge in [-0.1, -0.05) is 13.0 Å². The van der Waals surface area contributed by atoms with E-state index in [1.54, 1.807) is 0 Å². The minimum Gasteiger partial charge on any atom is -0.343 e. The van der Waals surface area contributed by atoms with Crippen molar-refractivity contribution in [3.05, 3.63) is 35.8 Å². The highest BCUT2D eigenvalue weighted by atomic mass is 16.2. The van der Waals surface area contributed by atoms with Crippen LogP contribution in [0, 0.1) is 12.8 Å². The summed E-state index contributed by atoms with van der Waals surface area (Å²) in [5.41, 5.74) is 3.15. The maximum absolute atomic E-state index is 12.3. The van der Waals surface area contributed by atoms with Crippen molar-refractivity contribution in [2.45, 2.75) is 39.5 Å². The van der Waals surface area contributed by atoms with Crippen molar-refractivity contribution in [3.63, 3.8) is 0 Å². The van der Waals surface area contributed by atoms with E-state index in [1.165, 1.54) is 0 Å². The molecule has 4 heteroatoms. The number of imidazole rings is 1. The third-order valence-electron chi connectivity index (χ3n) is 4.54. The van der Waals surface area contributed by atoms with Gasteiger partial charge in [0.15, 0.2) is 0 Å². The van der Waals surface area contributed by atoms with E-state index in [1.807, 2.05) is 36.2 Å². The molecule has 0 bridgehead atoms. The molecular weight excluding hydrogens is 262 g/mol. The topological polar surface area (TPSA) is 37.6 Å². The van der Waals surface area contributed by atoms with Crippen LogP contribution in [0.1, 0.15) is 37.6 Å². The Morgan fingerprint density at radius 3 is 2.86 bits per heavy atom. The Balaban J connectivity index is 1.66. The smallest absolute Gasteiger partial charge is 0.222 e. The number of hydrogen-bond donors (Lipinski definition) is 0. The van der Waals surface area contributed by atoms with Gasteiger partial charge in [-0.25, -0.2) is 4.98 Å². The van der Waals surface area contributed by atoms with Crippen molar-refractivity contribution >= 4 is 11.6 Å². The lowest BCUT2D eigenvalue weighted by Gasteiger charge is -2.30. The fraction of sp³-hybridized carbons (Fsp3) is 0.529. The van der Waals surface area contributed by atoms with E-state index in [2.05, 4.69) is 16.3 Å². The highest BCUT2D eigenvalue weighted by Gasteiger charge is 2.20. The summed E-state index contributed by atoms with van der Waals surface area (Å²) in [7, 11) is 0. The van der Waals surface area contributed by atoms with Gasteiger partial charge in [0.1, 0.15) is 5.65 Å². The van der Waals surface area contributed by atoms with Gasteiger partial charge in [-0.15, -0.1) is 0 Å². The van der Waals surface area contributed by atoms with E-state index < -0.39 is 0 Å². The summed E-state index contributed by atoms with van der Waals surface area (Å²) < 4.78 is 2.10. The molecule has 0 unspecified atom stereocenters. The third kappa shape index (κ3) is 2.94. The van der Waals surface area contributed by atoms with Crippen LogP contribution in [0.15, 0.2) is 24.4 Å². The molecule has 21 heavy (non-hydrogen) atoms. The lowest BCUT2D eigenvalue weighted by atomic mass is 9.99. The number of nitrogens with zero attached hydrogens (tertiary/aromatic N) is 3. The summed E-state index contributed by atoms with van der Waals surface area (Å²) in [6.45, 7) is 6.14. The van der Waals surface area contributed by atoms with Crippen molar-refractivity contribution in [2.75, 3.05) is 13.1 Å². The van der Waals surface area contributed by atoms with Gasteiger partial charge in [-0.2, -0.15) is 0 Å². The van der Waals surface area contributed by atoms with E-state index in [9.17, 15) is 4.79 Å². The molecule has 1 fully saturated rings. The first-order chi connectivity index (χ1) is 10.1. The predicted molar refractivity (Wildman–Crippen MR) is 83.2 cm³/mol. The number of aromatic nitrogens is 2. The van der Waals surface area contributed by atoms with Crippen LogP contribution >= 0.6 is 0 Å². The van der Waals surface area contributed by atoms with E-state index >= 15 is 0 Å². The number of likely N-dealkylation sites (tertiary alicyclic amines) is 1. The molecule has 2 aromatic heterocycles. The number of pyridine rings is 1. The minimum atomic E-state index is 0.284. The van der Waals surface area contributed by atoms with Gasteiger partial charge < -0.3 is 9.30 Å². The molecular formula is C17H23N3O. The van der Waals surface area contributed by atoms with E-state index in [4.69, 9.17) is 0 Å². The number of fused-ring (bicyclic) bond motifs is 1. The third-order valence-corrected chi connectivity index (χ3v) is 4.54. The average molecular weight is 285 g/mol. The summed E-state index contributed by atoms with van der Waals surface area (Å²) in [4.78, 5) is 18.9. The Morgan fingerprint density at radius 2 is 2.10 bits per heavy atom. The fourth-order valence-corrected chi connectivity index (χ4v) is 3.11. The SMILES string of the molecule is Cc1nc2ccccn2c1CCC(=O)N1CCC(C)CC1. The molecule has 3 heterocycles. The van der Waals surface area contributed by atoms with Gasteiger partial charge in [0.05, 0.1) is 5.69 Å². The van der Waals surface area contributed by atoms with Crippen molar-refractivity contribution in [2.24, 2.45) is 5.92 Å². The summed E-state index contributed by atoms with van der Waals surface area (Å²) >= 11 is 0. The molecule has 0 atom stereocenters. The molecule has 112 valence electrons. The summed E-state index contributed by atoms with van der Waals surface area (Å²) in [6.07, 6.45) is 5.65. The average Bonchev–Trinajstić information content (AvgIpc) is 2.81. The highest BCUT2D eigenvalue weighted by molar-refractivity contribution is 5.76. The number of piperidine rings is 1. The molecule has 4 nitrogen and oxygen atoms in total. The minimum absolute atomic E-state index is 0.284. The normalized spacial score (nSPS) is 16.6. The maximum atomic E-state index is 12.3. The Morgan fingerprint density at radius 1 is 1.33 bits per heavy atom. The molecule has 0 spiro atoms. The largest absolute Gasteiger partial charge is 0.343 e. The molecule has 1 amide bonds. The number of hydrogen-bond acceptors (Lipinski definition) is 2. The molecule has 2 aromatic rings. The Hall–Kier alpha value is -1.84. The van der Waals surface area contributed by atoms with Crippen LogP contribution in [0.4, 0.5) is 0 Å². The monoisotopic (exact) mass is 285 g/mol.